The van der Waals surface area contributed by atoms with Crippen molar-refractivity contribution in [3.8, 4) is 17.1 Å². The number of amides is 1. The predicted octanol–water partition coefficient (Wildman–Crippen LogP) is 4.25. The molecule has 6 heteroatoms. The number of carbonyl (C=O) groups is 1. The van der Waals surface area contributed by atoms with Crippen LogP contribution in [0.2, 0.25) is 0 Å². The first-order valence-corrected chi connectivity index (χ1v) is 10.5. The molecule has 1 aliphatic carbocycles. The lowest BCUT2D eigenvalue weighted by atomic mass is 9.96. The quantitative estimate of drug-likeness (QED) is 0.637. The number of likely N-dealkylation sites (tertiary alicyclic amines) is 1. The van der Waals surface area contributed by atoms with Gasteiger partial charge in [-0.15, -0.1) is 0 Å². The van der Waals surface area contributed by atoms with Crippen molar-refractivity contribution in [2.75, 3.05) is 20.2 Å². The van der Waals surface area contributed by atoms with Gasteiger partial charge in [0.1, 0.15) is 5.75 Å². The summed E-state index contributed by atoms with van der Waals surface area (Å²) < 4.78 is 10.7. The summed E-state index contributed by atoms with van der Waals surface area (Å²) in [5.41, 5.74) is 2.18. The van der Waals surface area contributed by atoms with E-state index in [1.165, 1.54) is 5.56 Å². The van der Waals surface area contributed by atoms with Crippen LogP contribution in [0, 0.1) is 5.92 Å². The fourth-order valence-electron chi connectivity index (χ4n) is 4.38. The second-order valence-electron chi connectivity index (χ2n) is 8.14. The van der Waals surface area contributed by atoms with Gasteiger partial charge in [0, 0.05) is 30.5 Å². The number of hydrogen-bond acceptors (Lipinski definition) is 5. The lowest BCUT2D eigenvalue weighted by Crippen LogP contribution is -2.39. The van der Waals surface area contributed by atoms with Gasteiger partial charge in [-0.25, -0.2) is 0 Å². The zero-order chi connectivity index (χ0) is 20.5. The van der Waals surface area contributed by atoms with Crippen LogP contribution in [0.4, 0.5) is 0 Å². The van der Waals surface area contributed by atoms with Crippen LogP contribution in [-0.2, 0) is 4.79 Å². The van der Waals surface area contributed by atoms with E-state index in [-0.39, 0.29) is 11.8 Å². The molecule has 1 aliphatic heterocycles. The first-order valence-electron chi connectivity index (χ1n) is 10.5. The Morgan fingerprint density at radius 1 is 1.07 bits per heavy atom. The Morgan fingerprint density at radius 2 is 1.80 bits per heavy atom. The van der Waals surface area contributed by atoms with E-state index in [1.54, 1.807) is 7.11 Å². The summed E-state index contributed by atoms with van der Waals surface area (Å²) >= 11 is 0. The van der Waals surface area contributed by atoms with Crippen LogP contribution in [0.15, 0.2) is 59.1 Å². The predicted molar refractivity (Wildman–Crippen MR) is 112 cm³/mol. The number of hydrogen-bond donors (Lipinski definition) is 0. The third-order valence-corrected chi connectivity index (χ3v) is 6.28. The molecular weight excluding hydrogens is 378 g/mol. The minimum Gasteiger partial charge on any atom is -0.497 e. The van der Waals surface area contributed by atoms with E-state index in [4.69, 9.17) is 9.26 Å². The highest BCUT2D eigenvalue weighted by Crippen LogP contribution is 2.48. The highest BCUT2D eigenvalue weighted by atomic mass is 16.5. The summed E-state index contributed by atoms with van der Waals surface area (Å²) in [7, 11) is 1.64. The normalized spacial score (nSPS) is 21.4. The van der Waals surface area contributed by atoms with E-state index >= 15 is 0 Å². The molecule has 3 aromatic rings. The van der Waals surface area contributed by atoms with E-state index in [0.717, 1.165) is 43.7 Å². The molecule has 1 saturated carbocycles. The summed E-state index contributed by atoms with van der Waals surface area (Å²) in [5, 5.41) is 4.15. The van der Waals surface area contributed by atoms with Crippen LogP contribution in [0.1, 0.15) is 42.6 Å². The van der Waals surface area contributed by atoms with Crippen LogP contribution >= 0.6 is 0 Å². The second-order valence-corrected chi connectivity index (χ2v) is 8.14. The molecule has 1 aromatic heterocycles. The molecular formula is C24H25N3O3. The number of aromatic nitrogens is 2. The van der Waals surface area contributed by atoms with E-state index in [0.29, 0.717) is 23.5 Å². The number of methoxy groups -OCH3 is 1. The van der Waals surface area contributed by atoms with Crippen LogP contribution in [-0.4, -0.2) is 41.1 Å². The third-order valence-electron chi connectivity index (χ3n) is 6.28. The van der Waals surface area contributed by atoms with Gasteiger partial charge in [-0.1, -0.05) is 35.5 Å². The van der Waals surface area contributed by atoms with Gasteiger partial charge in [-0.05, 0) is 55.0 Å². The van der Waals surface area contributed by atoms with Crippen molar-refractivity contribution < 1.29 is 14.1 Å². The summed E-state index contributed by atoms with van der Waals surface area (Å²) in [5.74, 6) is 3.10. The summed E-state index contributed by atoms with van der Waals surface area (Å²) in [6, 6.07) is 18.0. The number of nitrogens with zero attached hydrogens (tertiary/aromatic N) is 3. The number of benzene rings is 2. The Balaban J connectivity index is 1.17. The fraction of sp³-hybridized carbons (Fsp3) is 0.375. The molecule has 0 bridgehead atoms. The van der Waals surface area contributed by atoms with Crippen molar-refractivity contribution in [3.63, 3.8) is 0 Å². The van der Waals surface area contributed by atoms with Crippen LogP contribution < -0.4 is 4.74 Å². The average Bonchev–Trinajstić information content (AvgIpc) is 3.47. The topological polar surface area (TPSA) is 68.5 Å². The maximum absolute atomic E-state index is 12.9. The maximum atomic E-state index is 12.9. The van der Waals surface area contributed by atoms with Gasteiger partial charge < -0.3 is 14.2 Å². The van der Waals surface area contributed by atoms with Crippen molar-refractivity contribution in [2.45, 2.75) is 31.1 Å². The van der Waals surface area contributed by atoms with Crippen molar-refractivity contribution in [1.29, 1.82) is 0 Å². The van der Waals surface area contributed by atoms with Crippen molar-refractivity contribution in [1.82, 2.24) is 15.0 Å². The van der Waals surface area contributed by atoms with Gasteiger partial charge in [0.05, 0.1) is 7.11 Å². The van der Waals surface area contributed by atoms with E-state index in [2.05, 4.69) is 22.3 Å². The molecule has 154 valence electrons. The largest absolute Gasteiger partial charge is 0.497 e. The maximum Gasteiger partial charge on any atom is 0.230 e. The van der Waals surface area contributed by atoms with E-state index in [9.17, 15) is 4.79 Å². The van der Waals surface area contributed by atoms with Gasteiger partial charge in [-0.3, -0.25) is 4.79 Å². The number of piperidine rings is 1. The Bertz CT molecular complexity index is 1010. The zero-order valence-corrected chi connectivity index (χ0v) is 17.0. The van der Waals surface area contributed by atoms with E-state index < -0.39 is 0 Å². The minimum absolute atomic E-state index is 0.147. The fourth-order valence-corrected chi connectivity index (χ4v) is 4.38. The zero-order valence-electron chi connectivity index (χ0n) is 17.0. The first-order chi connectivity index (χ1) is 14.7. The molecule has 2 aromatic carbocycles. The molecule has 2 aliphatic rings. The Kier molecular flexibility index (Phi) is 4.99. The van der Waals surface area contributed by atoms with Crippen LogP contribution in [0.5, 0.6) is 5.75 Å². The molecule has 0 radical (unpaired) electrons. The molecule has 30 heavy (non-hydrogen) atoms. The Morgan fingerprint density at radius 3 is 2.50 bits per heavy atom. The second kappa shape index (κ2) is 7.94. The van der Waals surface area contributed by atoms with Gasteiger partial charge >= 0.3 is 0 Å². The van der Waals surface area contributed by atoms with E-state index in [1.807, 2.05) is 47.4 Å². The van der Waals surface area contributed by atoms with Crippen molar-refractivity contribution in [3.05, 3.63) is 66.1 Å². The third kappa shape index (κ3) is 3.70. The van der Waals surface area contributed by atoms with Gasteiger partial charge in [0.15, 0.2) is 0 Å². The molecule has 2 fully saturated rings. The average molecular weight is 403 g/mol. The monoisotopic (exact) mass is 403 g/mol. The lowest BCUT2D eigenvalue weighted by molar-refractivity contribution is -0.133. The standard InChI is InChI=1S/C24H25N3O3/c1-29-19-9-7-17(8-10-19)22-25-23(30-26-22)18-11-13-27(14-12-18)24(28)21-15-20(21)16-5-3-2-4-6-16/h2-10,18,20-21H,11-15H2,1H3. The summed E-state index contributed by atoms with van der Waals surface area (Å²) in [6.45, 7) is 1.50. The highest BCUT2D eigenvalue weighted by molar-refractivity contribution is 5.83. The molecule has 2 heterocycles. The molecule has 6 nitrogen and oxygen atoms in total. The molecule has 1 amide bonds. The molecule has 2 atom stereocenters. The molecule has 0 N–H and O–H groups in total. The Hall–Kier alpha value is -3.15. The highest BCUT2D eigenvalue weighted by Gasteiger charge is 2.46. The number of ether oxygens (including phenoxy) is 1. The first kappa shape index (κ1) is 18.9. The molecule has 0 spiro atoms. The van der Waals surface area contributed by atoms with Crippen LogP contribution in [0.25, 0.3) is 11.4 Å². The van der Waals surface area contributed by atoms with Crippen molar-refractivity contribution in [2.24, 2.45) is 5.92 Å². The summed E-state index contributed by atoms with van der Waals surface area (Å²) in [4.78, 5) is 19.5. The minimum atomic E-state index is 0.147. The summed E-state index contributed by atoms with van der Waals surface area (Å²) in [6.07, 6.45) is 2.69. The lowest BCUT2D eigenvalue weighted by Gasteiger charge is -2.30. The SMILES string of the molecule is COc1ccc(-c2noc(C3CCN(C(=O)C4CC4c4ccccc4)CC3)n2)cc1. The number of rotatable bonds is 5. The van der Waals surface area contributed by atoms with Gasteiger partial charge in [0.25, 0.3) is 0 Å². The van der Waals surface area contributed by atoms with Gasteiger partial charge in [-0.2, -0.15) is 4.98 Å². The molecule has 5 rings (SSSR count). The van der Waals surface area contributed by atoms with Crippen molar-refractivity contribution >= 4 is 5.91 Å². The smallest absolute Gasteiger partial charge is 0.230 e. The molecule has 1 saturated heterocycles. The van der Waals surface area contributed by atoms with Gasteiger partial charge in [0.2, 0.25) is 17.6 Å². The number of carbonyl (C=O) groups excluding carboxylic acids is 1. The molecule has 2 unspecified atom stereocenters. The Labute approximate surface area is 175 Å². The van der Waals surface area contributed by atoms with Crippen LogP contribution in [0.3, 0.4) is 0 Å².